The average Bonchev–Trinajstić information content (AvgIpc) is 3.05. The molecule has 2 aromatic rings. The number of amides is 2. The van der Waals surface area contributed by atoms with E-state index in [1.165, 1.54) is 0 Å². The fourth-order valence-electron chi connectivity index (χ4n) is 4.16. The van der Waals surface area contributed by atoms with E-state index in [4.69, 9.17) is 4.74 Å². The van der Waals surface area contributed by atoms with Crippen LogP contribution in [0.5, 0.6) is 0 Å². The molecular formula is C24H31N3O4. The minimum absolute atomic E-state index is 0.0365. The quantitative estimate of drug-likeness (QED) is 0.695. The smallest absolute Gasteiger partial charge is 0.340 e. The van der Waals surface area contributed by atoms with Gasteiger partial charge in [0.15, 0.2) is 0 Å². The molecule has 1 atom stereocenters. The maximum atomic E-state index is 13.2. The number of nitrogens with zero attached hydrogens (tertiary/aromatic N) is 1. The van der Waals surface area contributed by atoms with Crippen molar-refractivity contribution in [3.05, 3.63) is 57.9 Å². The normalized spacial score (nSPS) is 16.1. The summed E-state index contributed by atoms with van der Waals surface area (Å²) >= 11 is 0. The summed E-state index contributed by atoms with van der Waals surface area (Å²) < 4.78 is 5.11. The minimum Gasteiger partial charge on any atom is -0.462 e. The molecule has 1 aliphatic heterocycles. The lowest BCUT2D eigenvalue weighted by molar-refractivity contribution is -0.126. The highest BCUT2D eigenvalue weighted by Crippen LogP contribution is 2.24. The Morgan fingerprint density at radius 3 is 2.71 bits per heavy atom. The van der Waals surface area contributed by atoms with E-state index in [1.54, 1.807) is 25.7 Å². The highest BCUT2D eigenvalue weighted by atomic mass is 16.5. The molecule has 2 heterocycles. The zero-order chi connectivity index (χ0) is 22.5. The molecule has 0 saturated carbocycles. The molecule has 0 unspecified atom stereocenters. The van der Waals surface area contributed by atoms with Crippen molar-refractivity contribution in [3.8, 4) is 0 Å². The Kier molecular flexibility index (Phi) is 7.15. The second kappa shape index (κ2) is 9.81. The van der Waals surface area contributed by atoms with Crippen LogP contribution in [0.2, 0.25) is 0 Å². The van der Waals surface area contributed by atoms with Crippen molar-refractivity contribution >= 4 is 17.8 Å². The van der Waals surface area contributed by atoms with Crippen molar-refractivity contribution in [1.82, 2.24) is 15.2 Å². The van der Waals surface area contributed by atoms with Gasteiger partial charge in [-0.05, 0) is 51.7 Å². The van der Waals surface area contributed by atoms with Crippen molar-refractivity contribution in [2.75, 3.05) is 19.7 Å². The van der Waals surface area contributed by atoms with Gasteiger partial charge in [-0.1, -0.05) is 29.8 Å². The van der Waals surface area contributed by atoms with Crippen LogP contribution in [-0.2, 0) is 16.1 Å². The first-order valence-corrected chi connectivity index (χ1v) is 10.8. The molecule has 1 aromatic heterocycles. The zero-order valence-electron chi connectivity index (χ0n) is 18.7. The van der Waals surface area contributed by atoms with Gasteiger partial charge in [0, 0.05) is 25.3 Å². The molecule has 2 amide bonds. The number of carbonyl (C=O) groups excluding carboxylic acids is 3. The Morgan fingerprint density at radius 2 is 2.00 bits per heavy atom. The Bertz CT molecular complexity index is 979. The molecule has 0 aliphatic carbocycles. The first kappa shape index (κ1) is 22.6. The van der Waals surface area contributed by atoms with Gasteiger partial charge in [-0.3, -0.25) is 9.59 Å². The van der Waals surface area contributed by atoms with Crippen molar-refractivity contribution in [3.63, 3.8) is 0 Å². The monoisotopic (exact) mass is 425 g/mol. The standard InChI is InChI=1S/C24H31N3O4/c1-5-31-24(30)20-16(3)21(26-17(20)4)23(29)27-11-7-10-19(14-27)22(28)25-13-18-9-6-8-15(2)12-18/h6,8-9,12,19,26H,5,7,10-11,13-14H2,1-4H3,(H,25,28)/t19-/m1/s1. The van der Waals surface area contributed by atoms with E-state index in [1.807, 2.05) is 25.1 Å². The van der Waals surface area contributed by atoms with E-state index >= 15 is 0 Å². The molecule has 0 spiro atoms. The molecule has 166 valence electrons. The summed E-state index contributed by atoms with van der Waals surface area (Å²) in [5.74, 6) is -0.902. The average molecular weight is 426 g/mol. The maximum absolute atomic E-state index is 13.2. The first-order chi connectivity index (χ1) is 14.8. The number of esters is 1. The number of hydrogen-bond donors (Lipinski definition) is 2. The summed E-state index contributed by atoms with van der Waals surface area (Å²) in [6.45, 7) is 8.98. The Balaban J connectivity index is 1.66. The van der Waals surface area contributed by atoms with E-state index in [-0.39, 0.29) is 24.3 Å². The van der Waals surface area contributed by atoms with Gasteiger partial charge in [-0.2, -0.15) is 0 Å². The fraction of sp³-hybridized carbons (Fsp3) is 0.458. The number of aromatic nitrogens is 1. The lowest BCUT2D eigenvalue weighted by Gasteiger charge is -2.32. The summed E-state index contributed by atoms with van der Waals surface area (Å²) in [4.78, 5) is 42.9. The van der Waals surface area contributed by atoms with Crippen LogP contribution >= 0.6 is 0 Å². The Labute approximate surface area is 183 Å². The van der Waals surface area contributed by atoms with Gasteiger partial charge in [0.25, 0.3) is 5.91 Å². The van der Waals surface area contributed by atoms with Crippen LogP contribution in [0.3, 0.4) is 0 Å². The van der Waals surface area contributed by atoms with Crippen LogP contribution in [0.1, 0.15) is 63.0 Å². The molecule has 7 heteroatoms. The van der Waals surface area contributed by atoms with Gasteiger partial charge in [0.2, 0.25) is 5.91 Å². The Hall–Kier alpha value is -3.09. The highest BCUT2D eigenvalue weighted by Gasteiger charge is 2.31. The number of H-pyrrole nitrogens is 1. The molecular weight excluding hydrogens is 394 g/mol. The van der Waals surface area contributed by atoms with Gasteiger partial charge in [-0.15, -0.1) is 0 Å². The molecule has 0 radical (unpaired) electrons. The molecule has 1 saturated heterocycles. The van der Waals surface area contributed by atoms with E-state index in [2.05, 4.69) is 16.4 Å². The lowest BCUT2D eigenvalue weighted by Crippen LogP contribution is -2.45. The predicted octanol–water partition coefficient (Wildman–Crippen LogP) is 3.29. The fourth-order valence-corrected chi connectivity index (χ4v) is 4.16. The van der Waals surface area contributed by atoms with Gasteiger partial charge in [-0.25, -0.2) is 4.79 Å². The summed E-state index contributed by atoms with van der Waals surface area (Å²) in [5.41, 5.74) is 4.22. The largest absolute Gasteiger partial charge is 0.462 e. The number of benzene rings is 1. The topological polar surface area (TPSA) is 91.5 Å². The molecule has 3 rings (SSSR count). The summed E-state index contributed by atoms with van der Waals surface area (Å²) in [5, 5.41) is 3.00. The SMILES string of the molecule is CCOC(=O)c1c(C)[nH]c(C(=O)N2CCC[C@@H](C(=O)NCc3cccc(C)c3)C2)c1C. The van der Waals surface area contributed by atoms with Crippen LogP contribution in [0.15, 0.2) is 24.3 Å². The third kappa shape index (κ3) is 5.16. The summed E-state index contributed by atoms with van der Waals surface area (Å²) in [7, 11) is 0. The zero-order valence-corrected chi connectivity index (χ0v) is 18.7. The molecule has 1 fully saturated rings. The van der Waals surface area contributed by atoms with E-state index in [9.17, 15) is 14.4 Å². The second-order valence-electron chi connectivity index (χ2n) is 8.14. The number of likely N-dealkylation sites (tertiary alicyclic amines) is 1. The molecule has 2 N–H and O–H groups in total. The van der Waals surface area contributed by atoms with Crippen LogP contribution in [0.4, 0.5) is 0 Å². The van der Waals surface area contributed by atoms with Gasteiger partial charge in [0.05, 0.1) is 18.1 Å². The summed E-state index contributed by atoms with van der Waals surface area (Å²) in [6, 6.07) is 8.03. The van der Waals surface area contributed by atoms with Gasteiger partial charge < -0.3 is 19.9 Å². The number of aromatic amines is 1. The maximum Gasteiger partial charge on any atom is 0.340 e. The third-order valence-corrected chi connectivity index (χ3v) is 5.76. The lowest BCUT2D eigenvalue weighted by atomic mass is 9.96. The second-order valence-corrected chi connectivity index (χ2v) is 8.14. The van der Waals surface area contributed by atoms with Gasteiger partial charge in [0.1, 0.15) is 5.69 Å². The van der Waals surface area contributed by atoms with E-state index in [0.717, 1.165) is 24.0 Å². The number of carbonyl (C=O) groups is 3. The molecule has 7 nitrogen and oxygen atoms in total. The third-order valence-electron chi connectivity index (χ3n) is 5.76. The highest BCUT2D eigenvalue weighted by molar-refractivity contribution is 6.00. The summed E-state index contributed by atoms with van der Waals surface area (Å²) in [6.07, 6.45) is 1.51. The van der Waals surface area contributed by atoms with Crippen molar-refractivity contribution in [1.29, 1.82) is 0 Å². The van der Waals surface area contributed by atoms with Crippen molar-refractivity contribution in [2.24, 2.45) is 5.92 Å². The van der Waals surface area contributed by atoms with Crippen molar-refractivity contribution < 1.29 is 19.1 Å². The number of piperidine rings is 1. The van der Waals surface area contributed by atoms with Crippen LogP contribution < -0.4 is 5.32 Å². The van der Waals surface area contributed by atoms with Gasteiger partial charge >= 0.3 is 5.97 Å². The molecule has 1 aliphatic rings. The van der Waals surface area contributed by atoms with E-state index < -0.39 is 5.97 Å². The number of ether oxygens (including phenoxy) is 1. The molecule has 1 aromatic carbocycles. The Morgan fingerprint density at radius 1 is 1.23 bits per heavy atom. The number of rotatable bonds is 6. The number of nitrogens with one attached hydrogen (secondary N) is 2. The first-order valence-electron chi connectivity index (χ1n) is 10.8. The van der Waals surface area contributed by atoms with Crippen LogP contribution in [0.25, 0.3) is 0 Å². The van der Waals surface area contributed by atoms with Crippen LogP contribution in [0, 0.1) is 26.7 Å². The minimum atomic E-state index is -0.431. The predicted molar refractivity (Wildman–Crippen MR) is 118 cm³/mol. The number of aryl methyl sites for hydroxylation is 2. The van der Waals surface area contributed by atoms with Crippen molar-refractivity contribution in [2.45, 2.75) is 47.1 Å². The van der Waals surface area contributed by atoms with Crippen LogP contribution in [-0.4, -0.2) is 47.4 Å². The number of hydrogen-bond acceptors (Lipinski definition) is 4. The molecule has 31 heavy (non-hydrogen) atoms. The van der Waals surface area contributed by atoms with E-state index in [0.29, 0.717) is 42.1 Å². The molecule has 0 bridgehead atoms.